The third kappa shape index (κ3) is 8.97. The summed E-state index contributed by atoms with van der Waals surface area (Å²) >= 11 is 0. The van der Waals surface area contributed by atoms with Crippen LogP contribution in [-0.4, -0.2) is 97.6 Å². The Morgan fingerprint density at radius 2 is 1.62 bits per heavy atom. The number of alkyl halides is 3. The normalized spacial score (nSPS) is 21.8. The van der Waals surface area contributed by atoms with Crippen molar-refractivity contribution in [3.8, 4) is 0 Å². The van der Waals surface area contributed by atoms with Gasteiger partial charge in [-0.25, -0.2) is 14.6 Å². The molecule has 5 N–H and O–H groups in total. The number of rotatable bonds is 13. The van der Waals surface area contributed by atoms with E-state index in [1.807, 2.05) is 77.7 Å². The number of benzene rings is 2. The van der Waals surface area contributed by atoms with Crippen LogP contribution in [0.4, 0.5) is 29.7 Å². The molecule has 8 rings (SSSR count). The molecule has 5 aromatic rings. The molecular weight excluding hydrogens is 782 g/mol. The van der Waals surface area contributed by atoms with E-state index >= 15 is 0 Å². The smallest absolute Gasteiger partial charge is 0.451 e. The number of aliphatic hydroxyl groups is 1. The van der Waals surface area contributed by atoms with Gasteiger partial charge in [-0.2, -0.15) is 23.1 Å². The number of nitrogens with zero attached hydrogens (tertiary/aromatic N) is 6. The van der Waals surface area contributed by atoms with E-state index in [9.17, 15) is 32.7 Å². The van der Waals surface area contributed by atoms with Gasteiger partial charge in [-0.1, -0.05) is 73.2 Å². The van der Waals surface area contributed by atoms with Crippen LogP contribution in [0, 0.1) is 5.92 Å². The number of carbonyl (C=O) groups excluding carboxylic acids is 3. The van der Waals surface area contributed by atoms with E-state index in [-0.39, 0.29) is 54.4 Å². The standard InChI is InChI=1S/C42H45F3N10O5/c43-42(44,45)39(58)60-35-32(20-31(34(35)56)51-38(57)27-14-9-15-27)55-24-49-33-36(47-22-30(25-10-3-1-4-11-25)26-12-5-2-6-13-26)52-40(53-37(33)55)54-19-17-29(23-54)50-41(59)48-21-28-16-7-8-18-46-28/h1-8,10-13,16,18,24,27,29-32,34-35,56H,9,14-15,17,19-23H2,(H,51,57)(H,47,52,53)(H2,48,50,59)/t29-,31+,32-,34-,35+/m1/s1. The molecule has 4 heterocycles. The second-order valence-electron chi connectivity index (χ2n) is 15.4. The zero-order valence-electron chi connectivity index (χ0n) is 32.5. The topological polar surface area (TPSA) is 189 Å². The van der Waals surface area contributed by atoms with Crippen LogP contribution in [0.2, 0.25) is 0 Å². The lowest BCUT2D eigenvalue weighted by atomic mass is 9.84. The molecule has 15 nitrogen and oxygen atoms in total. The second kappa shape index (κ2) is 17.5. The van der Waals surface area contributed by atoms with E-state index in [2.05, 4.69) is 31.2 Å². The number of esters is 1. The molecule has 0 radical (unpaired) electrons. The van der Waals surface area contributed by atoms with E-state index in [0.717, 1.165) is 17.5 Å². The number of fused-ring (bicyclic) bond motifs is 1. The number of hydrogen-bond acceptors (Lipinski definition) is 11. The van der Waals surface area contributed by atoms with Gasteiger partial charge in [0, 0.05) is 43.7 Å². The third-order valence-electron chi connectivity index (χ3n) is 11.5. The Hall–Kier alpha value is -6.30. The van der Waals surface area contributed by atoms with Gasteiger partial charge >= 0.3 is 18.2 Å². The molecule has 0 spiro atoms. The molecule has 3 aliphatic rings. The van der Waals surface area contributed by atoms with Gasteiger partial charge in [0.05, 0.1) is 30.6 Å². The van der Waals surface area contributed by atoms with Crippen molar-refractivity contribution >= 4 is 40.8 Å². The number of ether oxygens (including phenoxy) is 1. The Morgan fingerprint density at radius 3 is 2.27 bits per heavy atom. The average molecular weight is 827 g/mol. The fourth-order valence-corrected chi connectivity index (χ4v) is 8.10. The highest BCUT2D eigenvalue weighted by Gasteiger charge is 2.51. The maximum Gasteiger partial charge on any atom is 0.490 e. The molecule has 3 aromatic heterocycles. The van der Waals surface area contributed by atoms with Crippen LogP contribution >= 0.6 is 0 Å². The lowest BCUT2D eigenvalue weighted by Crippen LogP contribution is -2.47. The van der Waals surface area contributed by atoms with Crippen molar-refractivity contribution in [2.24, 2.45) is 5.92 Å². The molecule has 0 bridgehead atoms. The van der Waals surface area contributed by atoms with Crippen LogP contribution < -0.4 is 26.2 Å². The fraction of sp³-hybridized carbons (Fsp3) is 0.405. The molecule has 3 fully saturated rings. The molecule has 18 heteroatoms. The number of nitrogens with one attached hydrogen (secondary N) is 4. The van der Waals surface area contributed by atoms with Gasteiger partial charge in [-0.15, -0.1) is 0 Å². The van der Waals surface area contributed by atoms with Gasteiger partial charge in [-0.3, -0.25) is 9.78 Å². The van der Waals surface area contributed by atoms with E-state index in [0.29, 0.717) is 55.9 Å². The summed E-state index contributed by atoms with van der Waals surface area (Å²) in [7, 11) is 0. The summed E-state index contributed by atoms with van der Waals surface area (Å²) < 4.78 is 47.3. The Balaban J connectivity index is 1.11. The van der Waals surface area contributed by atoms with Gasteiger partial charge < -0.3 is 40.6 Å². The van der Waals surface area contributed by atoms with Crippen molar-refractivity contribution < 1.29 is 37.4 Å². The highest BCUT2D eigenvalue weighted by molar-refractivity contribution is 5.85. The number of anilines is 2. The number of urea groups is 1. The van der Waals surface area contributed by atoms with Crippen molar-refractivity contribution in [1.82, 2.24) is 40.5 Å². The van der Waals surface area contributed by atoms with Gasteiger partial charge in [0.2, 0.25) is 11.9 Å². The molecule has 60 heavy (non-hydrogen) atoms. The van der Waals surface area contributed by atoms with E-state index in [4.69, 9.17) is 14.7 Å². The minimum absolute atomic E-state index is 0.0730. The van der Waals surface area contributed by atoms with E-state index < -0.39 is 36.4 Å². The first kappa shape index (κ1) is 40.5. The van der Waals surface area contributed by atoms with Crippen molar-refractivity contribution in [2.45, 2.75) is 81.1 Å². The minimum atomic E-state index is -5.33. The van der Waals surface area contributed by atoms with Crippen LogP contribution in [0.15, 0.2) is 91.4 Å². The summed E-state index contributed by atoms with van der Waals surface area (Å²) in [5.74, 6) is -2.55. The molecule has 5 atom stereocenters. The maximum atomic E-state index is 13.6. The van der Waals surface area contributed by atoms with Gasteiger partial charge in [-0.05, 0) is 48.9 Å². The zero-order valence-corrected chi connectivity index (χ0v) is 32.5. The van der Waals surface area contributed by atoms with E-state index in [1.165, 1.54) is 10.9 Å². The zero-order chi connectivity index (χ0) is 41.8. The number of imidazole rings is 1. The average Bonchev–Trinajstić information content (AvgIpc) is 3.95. The lowest BCUT2D eigenvalue weighted by molar-refractivity contribution is -0.209. The van der Waals surface area contributed by atoms with Crippen LogP contribution in [-0.2, 0) is 20.9 Å². The highest BCUT2D eigenvalue weighted by atomic mass is 19.4. The Kier molecular flexibility index (Phi) is 11.8. The lowest BCUT2D eigenvalue weighted by Gasteiger charge is -2.27. The number of pyridine rings is 1. The molecule has 0 unspecified atom stereocenters. The Labute approximate surface area is 343 Å². The molecule has 1 aliphatic heterocycles. The van der Waals surface area contributed by atoms with Gasteiger partial charge in [0.25, 0.3) is 0 Å². The van der Waals surface area contributed by atoms with Crippen LogP contribution in [0.25, 0.3) is 11.2 Å². The SMILES string of the molecule is O=C(NCc1ccccn1)N[C@@H]1CCN(c2nc(NCC(c3ccccc3)c3ccccc3)c3ncn([C@@H]4C[C@H](NC(=O)C5CCC5)[C@@H](O)[C@H]4OC(=O)C(F)(F)F)c3n2)C1. The molecule has 3 amide bonds. The summed E-state index contributed by atoms with van der Waals surface area (Å²) in [5.41, 5.74) is 3.30. The maximum absolute atomic E-state index is 13.6. The predicted molar refractivity (Wildman–Crippen MR) is 214 cm³/mol. The second-order valence-corrected chi connectivity index (χ2v) is 15.4. The fourth-order valence-electron chi connectivity index (χ4n) is 8.10. The minimum Gasteiger partial charge on any atom is -0.451 e. The number of carbonyl (C=O) groups is 3. The Bertz CT molecular complexity index is 2240. The summed E-state index contributed by atoms with van der Waals surface area (Å²) in [6, 6.07) is 22.6. The molecule has 2 saturated carbocycles. The first-order chi connectivity index (χ1) is 29.0. The number of amides is 3. The highest BCUT2D eigenvalue weighted by Crippen LogP contribution is 2.39. The van der Waals surface area contributed by atoms with Crippen molar-refractivity contribution in [1.29, 1.82) is 0 Å². The quantitative estimate of drug-likeness (QED) is 0.104. The number of aromatic nitrogens is 5. The summed E-state index contributed by atoms with van der Waals surface area (Å²) in [5, 5.41) is 23.5. The Morgan fingerprint density at radius 1 is 0.900 bits per heavy atom. The first-order valence-corrected chi connectivity index (χ1v) is 20.1. The number of halogens is 3. The molecule has 2 aliphatic carbocycles. The largest absolute Gasteiger partial charge is 0.490 e. The third-order valence-corrected chi connectivity index (χ3v) is 11.5. The summed E-state index contributed by atoms with van der Waals surface area (Å²) in [6.07, 6.45) is -2.95. The predicted octanol–water partition coefficient (Wildman–Crippen LogP) is 4.61. The van der Waals surface area contributed by atoms with Gasteiger partial charge in [0.15, 0.2) is 23.1 Å². The molecule has 314 valence electrons. The van der Waals surface area contributed by atoms with Crippen LogP contribution in [0.3, 0.4) is 0 Å². The molecular formula is C42H45F3N10O5. The number of aliphatic hydroxyl groups excluding tert-OH is 1. The van der Waals surface area contributed by atoms with Crippen molar-refractivity contribution in [2.75, 3.05) is 29.9 Å². The van der Waals surface area contributed by atoms with Crippen molar-refractivity contribution in [3.63, 3.8) is 0 Å². The van der Waals surface area contributed by atoms with E-state index in [1.54, 1.807) is 12.3 Å². The van der Waals surface area contributed by atoms with Crippen LogP contribution in [0.5, 0.6) is 0 Å². The molecule has 1 saturated heterocycles. The van der Waals surface area contributed by atoms with Gasteiger partial charge in [0.1, 0.15) is 6.10 Å². The number of hydrogen-bond donors (Lipinski definition) is 5. The first-order valence-electron chi connectivity index (χ1n) is 20.1. The molecule has 2 aromatic carbocycles. The van der Waals surface area contributed by atoms with Crippen molar-refractivity contribution in [3.05, 3.63) is 108 Å². The monoisotopic (exact) mass is 826 g/mol. The summed E-state index contributed by atoms with van der Waals surface area (Å²) in [4.78, 5) is 58.7. The van der Waals surface area contributed by atoms with Crippen LogP contribution in [0.1, 0.15) is 60.9 Å². The summed E-state index contributed by atoms with van der Waals surface area (Å²) in [6.45, 7) is 1.42.